The van der Waals surface area contributed by atoms with Gasteiger partial charge < -0.3 is 14.5 Å². The van der Waals surface area contributed by atoms with Gasteiger partial charge in [0, 0.05) is 23.7 Å². The van der Waals surface area contributed by atoms with Crippen LogP contribution in [0.3, 0.4) is 0 Å². The van der Waals surface area contributed by atoms with Crippen LogP contribution in [0.15, 0.2) is 34.9 Å². The maximum absolute atomic E-state index is 12.2. The second kappa shape index (κ2) is 9.87. The molecule has 0 fully saturated rings. The van der Waals surface area contributed by atoms with Gasteiger partial charge in [0.1, 0.15) is 12.0 Å². The van der Waals surface area contributed by atoms with Crippen LogP contribution in [0.4, 0.5) is 0 Å². The van der Waals surface area contributed by atoms with Gasteiger partial charge in [-0.15, -0.1) is 0 Å². The Labute approximate surface area is 164 Å². The average Bonchev–Trinajstić information content (AvgIpc) is 3.02. The van der Waals surface area contributed by atoms with E-state index in [2.05, 4.69) is 10.3 Å². The second-order valence-electron chi connectivity index (χ2n) is 6.31. The summed E-state index contributed by atoms with van der Waals surface area (Å²) in [5.74, 6) is -1.21. The van der Waals surface area contributed by atoms with E-state index in [1.54, 1.807) is 24.3 Å². The predicted octanol–water partition coefficient (Wildman–Crippen LogP) is 2.84. The quantitative estimate of drug-likeness (QED) is 0.600. The Kier molecular flexibility index (Phi) is 7.82. The highest BCUT2D eigenvalue weighted by Gasteiger charge is 2.20. The number of oxazole rings is 1. The fourth-order valence-electron chi connectivity index (χ4n) is 2.24. The summed E-state index contributed by atoms with van der Waals surface area (Å²) < 4.78 is 35.1. The number of hydrogen-bond acceptors (Lipinski definition) is 6. The van der Waals surface area contributed by atoms with E-state index in [0.29, 0.717) is 36.0 Å². The molecule has 0 radical (unpaired) electrons. The molecule has 2 rings (SSSR count). The summed E-state index contributed by atoms with van der Waals surface area (Å²) in [6, 6.07) is 6.83. The van der Waals surface area contributed by atoms with Crippen molar-refractivity contribution in [2.45, 2.75) is 32.1 Å². The van der Waals surface area contributed by atoms with Crippen LogP contribution in [-0.2, 0) is 25.1 Å². The van der Waals surface area contributed by atoms with Gasteiger partial charge in [-0.1, -0.05) is 11.6 Å². The number of benzene rings is 1. The predicted molar refractivity (Wildman–Crippen MR) is 103 cm³/mol. The van der Waals surface area contributed by atoms with Crippen LogP contribution in [0.2, 0.25) is 5.02 Å². The van der Waals surface area contributed by atoms with Crippen molar-refractivity contribution in [3.05, 3.63) is 41.2 Å². The molecule has 1 amide bonds. The van der Waals surface area contributed by atoms with Crippen LogP contribution in [-0.4, -0.2) is 44.3 Å². The van der Waals surface area contributed by atoms with E-state index < -0.39 is 21.5 Å². The fraction of sp³-hybridized carbons (Fsp3) is 0.444. The molecule has 0 aliphatic carbocycles. The third kappa shape index (κ3) is 7.70. The number of carbonyl (C=O) groups excluding carboxylic acids is 1. The van der Waals surface area contributed by atoms with Gasteiger partial charge in [0.05, 0.1) is 17.6 Å². The molecule has 7 nitrogen and oxygen atoms in total. The lowest BCUT2D eigenvalue weighted by Crippen LogP contribution is -2.32. The normalized spacial score (nSPS) is 11.7. The van der Waals surface area contributed by atoms with Gasteiger partial charge in [-0.2, -0.15) is 0 Å². The number of rotatable bonds is 10. The van der Waals surface area contributed by atoms with Crippen molar-refractivity contribution in [3.8, 4) is 11.5 Å². The largest absolute Gasteiger partial charge is 0.444 e. The molecule has 0 atom stereocenters. The third-order valence-corrected chi connectivity index (χ3v) is 5.15. The number of nitrogens with one attached hydrogen (secondary N) is 1. The molecule has 2 aromatic rings. The minimum atomic E-state index is -3.65. The molecule has 0 saturated heterocycles. The summed E-state index contributed by atoms with van der Waals surface area (Å²) in [5.41, 5.74) is 0.933. The maximum Gasteiger partial charge on any atom is 0.235 e. The van der Waals surface area contributed by atoms with Crippen LogP contribution >= 0.6 is 11.6 Å². The molecule has 27 heavy (non-hydrogen) atoms. The maximum atomic E-state index is 12.2. The highest BCUT2D eigenvalue weighted by atomic mass is 35.5. The molecule has 148 valence electrons. The number of hydrogen-bond donors (Lipinski definition) is 1. The Balaban J connectivity index is 1.83. The average molecular weight is 415 g/mol. The molecule has 0 aliphatic rings. The lowest BCUT2D eigenvalue weighted by Gasteiger charge is -2.08. The molecule has 1 aromatic heterocycles. The summed E-state index contributed by atoms with van der Waals surface area (Å²) in [6.45, 7) is 4.73. The second-order valence-corrected chi connectivity index (χ2v) is 8.81. The van der Waals surface area contributed by atoms with Crippen molar-refractivity contribution in [2.24, 2.45) is 0 Å². The van der Waals surface area contributed by atoms with Crippen molar-refractivity contribution in [1.82, 2.24) is 10.3 Å². The van der Waals surface area contributed by atoms with Crippen molar-refractivity contribution in [2.75, 3.05) is 18.9 Å². The van der Waals surface area contributed by atoms with Crippen LogP contribution in [0.25, 0.3) is 11.5 Å². The van der Waals surface area contributed by atoms with E-state index in [-0.39, 0.29) is 17.6 Å². The monoisotopic (exact) mass is 414 g/mol. The Morgan fingerprint density at radius 3 is 2.67 bits per heavy atom. The van der Waals surface area contributed by atoms with Crippen molar-refractivity contribution in [3.63, 3.8) is 0 Å². The van der Waals surface area contributed by atoms with Crippen LogP contribution in [0, 0.1) is 0 Å². The molecule has 1 N–H and O–H groups in total. The van der Waals surface area contributed by atoms with E-state index in [0.717, 1.165) is 0 Å². The van der Waals surface area contributed by atoms with Gasteiger partial charge in [-0.3, -0.25) is 4.79 Å². The summed E-state index contributed by atoms with van der Waals surface area (Å²) in [7, 11) is -3.65. The first-order valence-corrected chi connectivity index (χ1v) is 10.7. The molecule has 0 bridgehead atoms. The summed E-state index contributed by atoms with van der Waals surface area (Å²) >= 11 is 5.83. The lowest BCUT2D eigenvalue weighted by atomic mass is 10.2. The Morgan fingerprint density at radius 1 is 1.30 bits per heavy atom. The number of halogens is 1. The van der Waals surface area contributed by atoms with Crippen molar-refractivity contribution < 1.29 is 22.4 Å². The smallest absolute Gasteiger partial charge is 0.235 e. The first-order valence-electron chi connectivity index (χ1n) is 8.54. The minimum Gasteiger partial charge on any atom is -0.444 e. The summed E-state index contributed by atoms with van der Waals surface area (Å²) in [6.07, 6.45) is 2.03. The van der Waals surface area contributed by atoms with E-state index in [9.17, 15) is 13.2 Å². The topological polar surface area (TPSA) is 98.5 Å². The lowest BCUT2D eigenvalue weighted by molar-refractivity contribution is -0.118. The van der Waals surface area contributed by atoms with Gasteiger partial charge in [0.25, 0.3) is 0 Å². The first kappa shape index (κ1) is 21.4. The number of carbonyl (C=O) groups is 1. The zero-order valence-corrected chi connectivity index (χ0v) is 16.8. The molecule has 0 unspecified atom stereocenters. The molecular formula is C18H23ClN2O5S. The third-order valence-electron chi connectivity index (χ3n) is 3.46. The van der Waals surface area contributed by atoms with Crippen LogP contribution < -0.4 is 5.32 Å². The number of ether oxygens (including phenoxy) is 1. The van der Waals surface area contributed by atoms with E-state index >= 15 is 0 Å². The minimum absolute atomic E-state index is 0.126. The molecule has 0 saturated carbocycles. The SMILES string of the molecule is CC(C)OCCCNC(=O)CS(=O)(=O)Cc1coc(-c2ccc(Cl)cc2)n1. The van der Waals surface area contributed by atoms with Crippen molar-refractivity contribution >= 4 is 27.3 Å². The van der Waals surface area contributed by atoms with Gasteiger partial charge >= 0.3 is 0 Å². The fourth-order valence-corrected chi connectivity index (χ4v) is 3.56. The molecule has 0 spiro atoms. The van der Waals surface area contributed by atoms with E-state index in [1.165, 1.54) is 6.26 Å². The zero-order chi connectivity index (χ0) is 19.9. The zero-order valence-electron chi connectivity index (χ0n) is 15.3. The summed E-state index contributed by atoms with van der Waals surface area (Å²) in [4.78, 5) is 16.0. The molecule has 0 aliphatic heterocycles. The van der Waals surface area contributed by atoms with Crippen molar-refractivity contribution in [1.29, 1.82) is 0 Å². The van der Waals surface area contributed by atoms with E-state index in [1.807, 2.05) is 13.8 Å². The molecule has 1 heterocycles. The van der Waals surface area contributed by atoms with Crippen LogP contribution in [0.1, 0.15) is 26.0 Å². The van der Waals surface area contributed by atoms with Crippen LogP contribution in [0.5, 0.6) is 0 Å². The molecule has 9 heteroatoms. The molecule has 1 aromatic carbocycles. The standard InChI is InChI=1S/C18H23ClN2O5S/c1-13(2)25-9-3-8-20-17(22)12-27(23,24)11-16-10-26-18(21-16)14-4-6-15(19)7-5-14/h4-7,10,13H,3,8-9,11-12H2,1-2H3,(H,20,22). The summed E-state index contributed by atoms with van der Waals surface area (Å²) in [5, 5.41) is 3.16. The number of amides is 1. The number of aromatic nitrogens is 1. The highest BCUT2D eigenvalue weighted by Crippen LogP contribution is 2.21. The van der Waals surface area contributed by atoms with Gasteiger partial charge in [-0.25, -0.2) is 13.4 Å². The Morgan fingerprint density at radius 2 is 2.00 bits per heavy atom. The van der Waals surface area contributed by atoms with Gasteiger partial charge in [-0.05, 0) is 44.5 Å². The Hall–Kier alpha value is -1.90. The highest BCUT2D eigenvalue weighted by molar-refractivity contribution is 7.91. The van der Waals surface area contributed by atoms with E-state index in [4.69, 9.17) is 20.8 Å². The number of sulfone groups is 1. The Bertz CT molecular complexity index is 847. The van der Waals surface area contributed by atoms with Gasteiger partial charge in [0.2, 0.25) is 11.8 Å². The van der Waals surface area contributed by atoms with Gasteiger partial charge in [0.15, 0.2) is 9.84 Å². The number of nitrogens with zero attached hydrogens (tertiary/aromatic N) is 1. The molecular weight excluding hydrogens is 392 g/mol. The first-order chi connectivity index (χ1) is 12.7.